The van der Waals surface area contributed by atoms with Gasteiger partial charge in [-0.05, 0) is 42.8 Å². The van der Waals surface area contributed by atoms with E-state index >= 15 is 0 Å². The second kappa shape index (κ2) is 9.39. The van der Waals surface area contributed by atoms with Gasteiger partial charge in [0.2, 0.25) is 5.95 Å². The van der Waals surface area contributed by atoms with Crippen LogP contribution in [0.2, 0.25) is 10.0 Å². The highest BCUT2D eigenvalue weighted by Crippen LogP contribution is 2.29. The summed E-state index contributed by atoms with van der Waals surface area (Å²) in [4.78, 5) is 14.8. The Morgan fingerprint density at radius 1 is 1.10 bits per heavy atom. The molecule has 0 N–H and O–H groups in total. The van der Waals surface area contributed by atoms with Crippen molar-refractivity contribution in [3.8, 4) is 5.69 Å². The van der Waals surface area contributed by atoms with Crippen molar-refractivity contribution in [2.24, 2.45) is 0 Å². The maximum absolute atomic E-state index is 12.7. The Hall–Kier alpha value is -2.06. The summed E-state index contributed by atoms with van der Waals surface area (Å²) in [5.74, 6) is 0.920. The molecule has 6 nitrogen and oxygen atoms in total. The van der Waals surface area contributed by atoms with Gasteiger partial charge in [-0.15, -0.1) is 10.2 Å². The molecule has 1 saturated heterocycles. The highest BCUT2D eigenvalue weighted by Gasteiger charge is 2.22. The lowest BCUT2D eigenvalue weighted by molar-refractivity contribution is 0.102. The van der Waals surface area contributed by atoms with E-state index < -0.39 is 0 Å². The maximum Gasteiger partial charge on any atom is 0.232 e. The van der Waals surface area contributed by atoms with Crippen LogP contribution in [0.4, 0.5) is 5.95 Å². The number of ketones is 1. The highest BCUT2D eigenvalue weighted by atomic mass is 35.5. The van der Waals surface area contributed by atoms with E-state index in [0.29, 0.717) is 34.0 Å². The minimum absolute atomic E-state index is 0.0507. The van der Waals surface area contributed by atoms with E-state index in [4.69, 9.17) is 27.9 Å². The Balaban J connectivity index is 1.61. The molecule has 1 aromatic heterocycles. The van der Waals surface area contributed by atoms with Gasteiger partial charge in [0.1, 0.15) is 0 Å². The Morgan fingerprint density at radius 3 is 2.63 bits per heavy atom. The van der Waals surface area contributed by atoms with Gasteiger partial charge in [-0.1, -0.05) is 47.1 Å². The zero-order chi connectivity index (χ0) is 21.1. The van der Waals surface area contributed by atoms with Gasteiger partial charge in [-0.3, -0.25) is 9.36 Å². The van der Waals surface area contributed by atoms with Crippen molar-refractivity contribution in [3.63, 3.8) is 0 Å². The third-order valence-electron chi connectivity index (χ3n) is 4.74. The average molecular weight is 463 g/mol. The number of hydrogen-bond donors (Lipinski definition) is 0. The second-order valence-corrected chi connectivity index (χ2v) is 8.65. The van der Waals surface area contributed by atoms with E-state index in [1.807, 2.05) is 29.7 Å². The number of ether oxygens (including phenoxy) is 1. The van der Waals surface area contributed by atoms with Gasteiger partial charge in [0.15, 0.2) is 10.9 Å². The molecule has 0 aliphatic carbocycles. The molecule has 0 bridgehead atoms. The maximum atomic E-state index is 12.7. The van der Waals surface area contributed by atoms with Crippen LogP contribution in [0.5, 0.6) is 0 Å². The summed E-state index contributed by atoms with van der Waals surface area (Å²) in [6, 6.07) is 13.1. The molecule has 9 heteroatoms. The molecule has 0 radical (unpaired) electrons. The highest BCUT2D eigenvalue weighted by molar-refractivity contribution is 7.99. The molecule has 4 rings (SSSR count). The van der Waals surface area contributed by atoms with Crippen LogP contribution >= 0.6 is 35.0 Å². The van der Waals surface area contributed by atoms with E-state index in [1.54, 1.807) is 18.2 Å². The van der Waals surface area contributed by atoms with Gasteiger partial charge in [0, 0.05) is 18.7 Å². The smallest absolute Gasteiger partial charge is 0.232 e. The third-order valence-corrected chi connectivity index (χ3v) is 6.41. The number of benzene rings is 2. The molecule has 0 unspecified atom stereocenters. The monoisotopic (exact) mass is 462 g/mol. The first-order chi connectivity index (χ1) is 14.5. The van der Waals surface area contributed by atoms with Crippen molar-refractivity contribution in [1.82, 2.24) is 14.8 Å². The number of rotatable bonds is 6. The molecule has 1 aliphatic rings. The normalized spacial score (nSPS) is 14.2. The first kappa shape index (κ1) is 21.2. The summed E-state index contributed by atoms with van der Waals surface area (Å²) in [5.41, 5.74) is 2.62. The van der Waals surface area contributed by atoms with Crippen LogP contribution < -0.4 is 4.90 Å². The summed E-state index contributed by atoms with van der Waals surface area (Å²) < 4.78 is 7.47. The van der Waals surface area contributed by atoms with Crippen molar-refractivity contribution in [3.05, 3.63) is 63.6 Å². The van der Waals surface area contributed by atoms with E-state index in [-0.39, 0.29) is 11.5 Å². The number of carbonyl (C=O) groups is 1. The number of aryl methyl sites for hydroxylation is 1. The molecule has 2 heterocycles. The third kappa shape index (κ3) is 4.64. The topological polar surface area (TPSA) is 60.2 Å². The van der Waals surface area contributed by atoms with Crippen molar-refractivity contribution < 1.29 is 9.53 Å². The lowest BCUT2D eigenvalue weighted by Crippen LogP contribution is -2.37. The first-order valence-electron chi connectivity index (χ1n) is 9.49. The number of morpholine rings is 1. The van der Waals surface area contributed by atoms with Gasteiger partial charge in [-0.25, -0.2) is 0 Å². The molecule has 0 spiro atoms. The van der Waals surface area contributed by atoms with E-state index in [0.717, 1.165) is 30.3 Å². The SMILES string of the molecule is Cc1cccc(-n2c(SCC(=O)c3ccc(Cl)c(Cl)c3)nnc2N2CCOCC2)c1. The molecule has 3 aromatic rings. The van der Waals surface area contributed by atoms with Crippen LogP contribution in [0.25, 0.3) is 5.69 Å². The molecule has 2 aromatic carbocycles. The number of halogens is 2. The number of Topliss-reactive ketones (excluding diaryl/α,β-unsaturated/α-hetero) is 1. The fraction of sp³-hybridized carbons (Fsp3) is 0.286. The molecule has 156 valence electrons. The molecule has 0 atom stereocenters. The number of thioether (sulfide) groups is 1. The van der Waals surface area contributed by atoms with Crippen LogP contribution in [0.15, 0.2) is 47.6 Å². The largest absolute Gasteiger partial charge is 0.378 e. The van der Waals surface area contributed by atoms with E-state index in [2.05, 4.69) is 21.2 Å². The predicted octanol–water partition coefficient (Wildman–Crippen LogP) is 4.69. The van der Waals surface area contributed by atoms with Crippen molar-refractivity contribution >= 4 is 46.7 Å². The molecule has 0 amide bonds. The number of nitrogens with zero attached hydrogens (tertiary/aromatic N) is 4. The molecule has 30 heavy (non-hydrogen) atoms. The van der Waals surface area contributed by atoms with Crippen molar-refractivity contribution in [1.29, 1.82) is 0 Å². The van der Waals surface area contributed by atoms with Crippen molar-refractivity contribution in [2.45, 2.75) is 12.1 Å². The number of hydrogen-bond acceptors (Lipinski definition) is 6. The lowest BCUT2D eigenvalue weighted by Gasteiger charge is -2.28. The fourth-order valence-electron chi connectivity index (χ4n) is 3.20. The first-order valence-corrected chi connectivity index (χ1v) is 11.2. The van der Waals surface area contributed by atoms with Crippen LogP contribution in [0, 0.1) is 6.92 Å². The average Bonchev–Trinajstić information content (AvgIpc) is 3.18. The molecular formula is C21H20Cl2N4O2S. The van der Waals surface area contributed by atoms with E-state index in [1.165, 1.54) is 11.8 Å². The summed E-state index contributed by atoms with van der Waals surface area (Å²) in [6.45, 7) is 4.84. The Labute approximate surface area is 189 Å². The van der Waals surface area contributed by atoms with Crippen molar-refractivity contribution in [2.75, 3.05) is 37.0 Å². The van der Waals surface area contributed by atoms with Gasteiger partial charge in [0.25, 0.3) is 0 Å². The Bertz CT molecular complexity index is 1070. The van der Waals surface area contributed by atoms with Crippen LogP contribution in [0.3, 0.4) is 0 Å². The van der Waals surface area contributed by atoms with Gasteiger partial charge in [-0.2, -0.15) is 0 Å². The predicted molar refractivity (Wildman–Crippen MR) is 121 cm³/mol. The molecule has 1 fully saturated rings. The zero-order valence-corrected chi connectivity index (χ0v) is 18.7. The Kier molecular flexibility index (Phi) is 6.63. The number of aromatic nitrogens is 3. The van der Waals surface area contributed by atoms with Crippen LogP contribution in [-0.2, 0) is 4.74 Å². The van der Waals surface area contributed by atoms with Gasteiger partial charge >= 0.3 is 0 Å². The molecular weight excluding hydrogens is 443 g/mol. The summed E-state index contributed by atoms with van der Waals surface area (Å²) in [5, 5.41) is 10.3. The summed E-state index contributed by atoms with van der Waals surface area (Å²) in [7, 11) is 0. The van der Waals surface area contributed by atoms with Gasteiger partial charge < -0.3 is 9.64 Å². The quantitative estimate of drug-likeness (QED) is 0.390. The summed E-state index contributed by atoms with van der Waals surface area (Å²) in [6.07, 6.45) is 0. The number of anilines is 1. The minimum Gasteiger partial charge on any atom is -0.378 e. The fourth-order valence-corrected chi connectivity index (χ4v) is 4.34. The minimum atomic E-state index is -0.0507. The van der Waals surface area contributed by atoms with E-state index in [9.17, 15) is 4.79 Å². The standard InChI is InChI=1S/C21H20Cl2N4O2S/c1-14-3-2-4-16(11-14)27-20(26-7-9-29-10-8-26)24-25-21(27)30-13-19(28)15-5-6-17(22)18(23)12-15/h2-6,11-12H,7-10,13H2,1H3. The number of carbonyl (C=O) groups excluding carboxylic acids is 1. The molecule has 1 aliphatic heterocycles. The van der Waals surface area contributed by atoms with Crippen LogP contribution in [-0.4, -0.2) is 52.6 Å². The Morgan fingerprint density at radius 2 is 1.90 bits per heavy atom. The second-order valence-electron chi connectivity index (χ2n) is 6.90. The lowest BCUT2D eigenvalue weighted by atomic mass is 10.1. The van der Waals surface area contributed by atoms with Gasteiger partial charge in [0.05, 0.1) is 34.7 Å². The zero-order valence-electron chi connectivity index (χ0n) is 16.3. The van der Waals surface area contributed by atoms with Crippen LogP contribution in [0.1, 0.15) is 15.9 Å². The summed E-state index contributed by atoms with van der Waals surface area (Å²) >= 11 is 13.4. The molecule has 0 saturated carbocycles.